The van der Waals surface area contributed by atoms with Gasteiger partial charge in [0.2, 0.25) is 0 Å². The molecule has 65 heavy (non-hydrogen) atoms. The summed E-state index contributed by atoms with van der Waals surface area (Å²) in [6.45, 7) is 14.7. The highest BCUT2D eigenvalue weighted by Gasteiger charge is 2.53. The Morgan fingerprint density at radius 2 is 1.60 bits per heavy atom. The normalized spacial score (nSPS) is 41.7. The molecule has 3 fully saturated rings. The number of rotatable bonds is 14. The van der Waals surface area contributed by atoms with Crippen molar-refractivity contribution >= 4 is 18.2 Å². The van der Waals surface area contributed by atoms with E-state index < -0.39 is 116 Å². The van der Waals surface area contributed by atoms with Crippen LogP contribution < -0.4 is 0 Å². The second-order valence-corrected chi connectivity index (χ2v) is 19.9. The van der Waals surface area contributed by atoms with Crippen molar-refractivity contribution in [2.45, 2.75) is 210 Å². The number of likely N-dealkylation sites (N-methyl/N-ethyl adjacent to an activating group) is 2. The third-order valence-corrected chi connectivity index (χ3v) is 13.2. The molecule has 0 aromatic heterocycles. The first-order valence-corrected chi connectivity index (χ1v) is 23.6. The van der Waals surface area contributed by atoms with Crippen LogP contribution in [0.25, 0.3) is 0 Å². The summed E-state index contributed by atoms with van der Waals surface area (Å²) in [5, 5.41) is 35.5. The van der Waals surface area contributed by atoms with Crippen LogP contribution in [0.3, 0.4) is 0 Å². The molecule has 4 aliphatic heterocycles. The Bertz CT molecular complexity index is 1540. The molecule has 0 aliphatic carbocycles. The number of hydrogen-bond donors (Lipinski definition) is 3. The minimum absolute atomic E-state index is 0.0208. The van der Waals surface area contributed by atoms with Gasteiger partial charge in [0.15, 0.2) is 25.0 Å². The molecule has 0 bridgehead atoms. The number of carbonyl (C=O) groups excluding carboxylic acids is 3. The van der Waals surface area contributed by atoms with Crippen LogP contribution in [0.5, 0.6) is 0 Å². The van der Waals surface area contributed by atoms with Gasteiger partial charge in [0.25, 0.3) is 0 Å². The zero-order valence-electron chi connectivity index (χ0n) is 41.1. The van der Waals surface area contributed by atoms with E-state index in [1.165, 1.54) is 7.11 Å². The zero-order valence-corrected chi connectivity index (χ0v) is 41.1. The summed E-state index contributed by atoms with van der Waals surface area (Å²) in [4.78, 5) is 42.3. The summed E-state index contributed by atoms with van der Waals surface area (Å²) < 4.78 is 56.3. The number of cyclic esters (lactones) is 1. The van der Waals surface area contributed by atoms with Crippen molar-refractivity contribution in [2.75, 3.05) is 35.3 Å². The van der Waals surface area contributed by atoms with Gasteiger partial charge in [-0.15, -0.1) is 0 Å². The molecule has 0 spiro atoms. The topological polar surface area (TPSA) is 201 Å². The Morgan fingerprint density at radius 3 is 2.20 bits per heavy atom. The van der Waals surface area contributed by atoms with Crippen LogP contribution >= 0.6 is 0 Å². The van der Waals surface area contributed by atoms with Gasteiger partial charge in [0, 0.05) is 38.8 Å². The number of methoxy groups -OCH3 is 1. The number of allylic oxidation sites excluding steroid dienone is 2. The zero-order chi connectivity index (χ0) is 48.3. The Balaban J connectivity index is 1.63. The van der Waals surface area contributed by atoms with E-state index in [0.29, 0.717) is 19.3 Å². The first-order valence-electron chi connectivity index (χ1n) is 23.6. The second-order valence-electron chi connectivity index (χ2n) is 19.9. The lowest BCUT2D eigenvalue weighted by Gasteiger charge is -2.50. The van der Waals surface area contributed by atoms with Crippen LogP contribution in [-0.4, -0.2) is 182 Å². The van der Waals surface area contributed by atoms with E-state index in [4.69, 9.17) is 42.6 Å². The van der Waals surface area contributed by atoms with Gasteiger partial charge < -0.3 is 72.5 Å². The molecule has 374 valence electrons. The maximum atomic E-state index is 13.2. The predicted molar refractivity (Wildman–Crippen MR) is 240 cm³/mol. The highest BCUT2D eigenvalue weighted by molar-refractivity contribution is 5.70. The van der Waals surface area contributed by atoms with Gasteiger partial charge in [-0.25, -0.2) is 0 Å². The largest absolute Gasteiger partial charge is 0.462 e. The molecule has 19 atom stereocenters. The molecule has 4 heterocycles. The minimum atomic E-state index is -1.49. The van der Waals surface area contributed by atoms with Crippen molar-refractivity contribution in [3.63, 3.8) is 0 Å². The van der Waals surface area contributed by atoms with Gasteiger partial charge in [-0.05, 0) is 99.8 Å². The SMILES string of the molecule is CO[C@H]1C(O)CC(=O)O[C@H](C)CC=CC=CC(OC2CCC(N(C)C)C(C)O2)[C@H](C)C[C@H](CC=O)[C@@H]1OC1OC(C)C(OC2CC(C)(O)C(OC(=O)CC(C)C)C(C)O2)C(N(C)C)C1O. The lowest BCUT2D eigenvalue weighted by Crippen LogP contribution is -2.66. The van der Waals surface area contributed by atoms with Crippen molar-refractivity contribution in [1.29, 1.82) is 0 Å². The summed E-state index contributed by atoms with van der Waals surface area (Å²) in [7, 11) is 9.03. The molecule has 0 saturated carbocycles. The van der Waals surface area contributed by atoms with Crippen LogP contribution in [-0.2, 0) is 57.0 Å². The number of ether oxygens (including phenoxy) is 9. The molecule has 3 saturated heterocycles. The van der Waals surface area contributed by atoms with Crippen LogP contribution in [0.1, 0.15) is 107 Å². The van der Waals surface area contributed by atoms with Gasteiger partial charge in [0.05, 0.1) is 49.1 Å². The third-order valence-electron chi connectivity index (χ3n) is 13.2. The van der Waals surface area contributed by atoms with E-state index in [1.807, 2.05) is 66.1 Å². The van der Waals surface area contributed by atoms with Crippen LogP contribution in [0, 0.1) is 17.8 Å². The number of aldehydes is 1. The first-order chi connectivity index (χ1) is 30.6. The molecule has 17 nitrogen and oxygen atoms in total. The molecular weight excluding hydrogens is 845 g/mol. The molecule has 14 unspecified atom stereocenters. The molecule has 4 aliphatic rings. The minimum Gasteiger partial charge on any atom is -0.462 e. The standard InChI is InChI=1S/C48H82N2O15/c1-27(2)23-37(53)63-46-32(7)60-40(26-48(46,8)56)64-43-31(6)61-47(42(55)41(43)50(11)12)65-44-33(21-22-51)24-28(3)36(62-39-20-19-34(49(9)10)30(5)59-39)18-16-14-15-17-29(4)58-38(54)25-35(52)45(44)57-13/h14-16,18,22,27-36,39-47,52,55-56H,17,19-21,23-26H2,1-13H3/t28-,29-,30?,31?,32?,33+,34?,35?,36?,39?,40?,41?,42?,43?,44+,45+,46?,47?,48?/m1/s1. The predicted octanol–water partition coefficient (Wildman–Crippen LogP) is 3.92. The van der Waals surface area contributed by atoms with E-state index in [-0.39, 0.29) is 43.2 Å². The molecule has 0 amide bonds. The highest BCUT2D eigenvalue weighted by atomic mass is 16.7. The van der Waals surface area contributed by atoms with Crippen molar-refractivity contribution in [1.82, 2.24) is 9.80 Å². The van der Waals surface area contributed by atoms with Gasteiger partial charge in [-0.2, -0.15) is 0 Å². The van der Waals surface area contributed by atoms with Crippen LogP contribution in [0.4, 0.5) is 0 Å². The first kappa shape index (κ1) is 55.2. The van der Waals surface area contributed by atoms with Gasteiger partial charge >= 0.3 is 11.9 Å². The fraction of sp³-hybridized carbons (Fsp3) is 0.854. The van der Waals surface area contributed by atoms with Gasteiger partial charge in [-0.3, -0.25) is 9.59 Å². The molecule has 4 rings (SSSR count). The molecule has 17 heteroatoms. The maximum Gasteiger partial charge on any atom is 0.308 e. The van der Waals surface area contributed by atoms with Crippen molar-refractivity contribution in [3.05, 3.63) is 24.3 Å². The Morgan fingerprint density at radius 1 is 0.908 bits per heavy atom. The van der Waals surface area contributed by atoms with Crippen molar-refractivity contribution in [3.8, 4) is 0 Å². The summed E-state index contributed by atoms with van der Waals surface area (Å²) in [6, 6.07) is -0.506. The fourth-order valence-corrected chi connectivity index (χ4v) is 9.84. The Hall–Kier alpha value is -2.39. The van der Waals surface area contributed by atoms with E-state index in [2.05, 4.69) is 4.90 Å². The number of hydrogen-bond acceptors (Lipinski definition) is 17. The Kier molecular flexibility index (Phi) is 21.5. The second kappa shape index (κ2) is 25.3. The van der Waals surface area contributed by atoms with E-state index in [0.717, 1.165) is 12.7 Å². The molecule has 0 aromatic rings. The third kappa shape index (κ3) is 15.6. The van der Waals surface area contributed by atoms with E-state index in [1.54, 1.807) is 46.7 Å². The molecule has 0 aromatic carbocycles. The van der Waals surface area contributed by atoms with Gasteiger partial charge in [0.1, 0.15) is 36.3 Å². The highest BCUT2D eigenvalue weighted by Crippen LogP contribution is 2.38. The van der Waals surface area contributed by atoms with E-state index in [9.17, 15) is 29.7 Å². The fourth-order valence-electron chi connectivity index (χ4n) is 9.84. The quantitative estimate of drug-likeness (QED) is 0.167. The monoisotopic (exact) mass is 927 g/mol. The summed E-state index contributed by atoms with van der Waals surface area (Å²) in [6.07, 6.45) is -1.52. The number of aliphatic hydroxyl groups excluding tert-OH is 2. The lowest BCUT2D eigenvalue weighted by atomic mass is 9.82. The molecule has 3 N–H and O–H groups in total. The van der Waals surface area contributed by atoms with Crippen LogP contribution in [0.2, 0.25) is 0 Å². The number of esters is 2. The smallest absolute Gasteiger partial charge is 0.308 e. The number of carbonyl (C=O) groups is 3. The maximum absolute atomic E-state index is 13.2. The summed E-state index contributed by atoms with van der Waals surface area (Å²) >= 11 is 0. The molecule has 0 radical (unpaired) electrons. The van der Waals surface area contributed by atoms with Gasteiger partial charge in [-0.1, -0.05) is 45.1 Å². The number of nitrogens with zero attached hydrogens (tertiary/aromatic N) is 2. The molecular formula is C48H82N2O15. The van der Waals surface area contributed by atoms with E-state index >= 15 is 0 Å². The summed E-state index contributed by atoms with van der Waals surface area (Å²) in [5.74, 6) is -1.85. The lowest BCUT2D eigenvalue weighted by molar-refractivity contribution is -0.344. The Labute approximate surface area is 387 Å². The average Bonchev–Trinajstić information content (AvgIpc) is 3.19. The number of aliphatic hydroxyl groups is 3. The average molecular weight is 927 g/mol. The van der Waals surface area contributed by atoms with Crippen LogP contribution in [0.15, 0.2) is 24.3 Å². The van der Waals surface area contributed by atoms with Crippen molar-refractivity contribution < 1.29 is 72.3 Å². The van der Waals surface area contributed by atoms with Crippen molar-refractivity contribution in [2.24, 2.45) is 17.8 Å². The summed E-state index contributed by atoms with van der Waals surface area (Å²) in [5.41, 5.74) is -1.49.